The lowest BCUT2D eigenvalue weighted by atomic mass is 10.1. The Hall–Kier alpha value is -3.01. The first-order chi connectivity index (χ1) is 10.7. The van der Waals surface area contributed by atoms with Crippen LogP contribution in [0.4, 0.5) is 0 Å². The number of methoxy groups -OCH3 is 1. The van der Waals surface area contributed by atoms with Crippen molar-refractivity contribution in [3.8, 4) is 11.5 Å². The van der Waals surface area contributed by atoms with Gasteiger partial charge >= 0.3 is 0 Å². The van der Waals surface area contributed by atoms with E-state index in [1.54, 1.807) is 61.7 Å². The summed E-state index contributed by atoms with van der Waals surface area (Å²) in [6.07, 6.45) is 4.92. The number of fused-ring (bicyclic) bond motifs is 1. The maximum Gasteiger partial charge on any atom is 0.200 e. The van der Waals surface area contributed by atoms with Crippen LogP contribution in [0.2, 0.25) is 0 Å². The summed E-state index contributed by atoms with van der Waals surface area (Å²) in [5.74, 6) is 0.814. The standard InChI is InChI=1S/C18H14O4/c1-21-15-8-9-17-16(10-15)18(20)13(11-22-17)5-2-12-3-6-14(19)7-4-12/h2-11,19H,1H3/b5-2+. The minimum atomic E-state index is -0.116. The average molecular weight is 294 g/mol. The van der Waals surface area contributed by atoms with E-state index in [-0.39, 0.29) is 11.2 Å². The zero-order chi connectivity index (χ0) is 15.5. The minimum Gasteiger partial charge on any atom is -0.508 e. The van der Waals surface area contributed by atoms with Gasteiger partial charge in [0.1, 0.15) is 23.3 Å². The van der Waals surface area contributed by atoms with E-state index in [0.29, 0.717) is 22.3 Å². The Bertz CT molecular complexity index is 889. The fourth-order valence-electron chi connectivity index (χ4n) is 2.14. The Morgan fingerprint density at radius 2 is 1.86 bits per heavy atom. The van der Waals surface area contributed by atoms with Gasteiger partial charge in [-0.2, -0.15) is 0 Å². The predicted molar refractivity (Wildman–Crippen MR) is 86.1 cm³/mol. The summed E-state index contributed by atoms with van der Waals surface area (Å²) in [5.41, 5.74) is 1.74. The third kappa shape index (κ3) is 2.72. The smallest absolute Gasteiger partial charge is 0.200 e. The molecule has 0 amide bonds. The van der Waals surface area contributed by atoms with Gasteiger partial charge in [0.25, 0.3) is 0 Å². The second-order valence-corrected chi connectivity index (χ2v) is 4.81. The van der Waals surface area contributed by atoms with Crippen molar-refractivity contribution in [3.05, 3.63) is 70.1 Å². The van der Waals surface area contributed by atoms with E-state index in [1.807, 2.05) is 0 Å². The SMILES string of the molecule is COc1ccc2occ(/C=C/c3ccc(O)cc3)c(=O)c2c1. The third-order valence-corrected chi connectivity index (χ3v) is 3.35. The van der Waals surface area contributed by atoms with E-state index in [4.69, 9.17) is 9.15 Å². The lowest BCUT2D eigenvalue weighted by Crippen LogP contribution is -2.04. The van der Waals surface area contributed by atoms with Gasteiger partial charge in [0.2, 0.25) is 0 Å². The molecule has 0 atom stereocenters. The van der Waals surface area contributed by atoms with E-state index < -0.39 is 0 Å². The predicted octanol–water partition coefficient (Wildman–Crippen LogP) is 3.68. The van der Waals surface area contributed by atoms with Crippen molar-refractivity contribution in [2.24, 2.45) is 0 Å². The Kier molecular flexibility index (Phi) is 3.66. The molecule has 22 heavy (non-hydrogen) atoms. The lowest BCUT2D eigenvalue weighted by Gasteiger charge is -2.02. The fourth-order valence-corrected chi connectivity index (χ4v) is 2.14. The summed E-state index contributed by atoms with van der Waals surface area (Å²) in [7, 11) is 1.55. The first-order valence-electron chi connectivity index (χ1n) is 6.74. The molecule has 3 aromatic rings. The van der Waals surface area contributed by atoms with Gasteiger partial charge in [-0.15, -0.1) is 0 Å². The highest BCUT2D eigenvalue weighted by Gasteiger charge is 2.06. The number of rotatable bonds is 3. The van der Waals surface area contributed by atoms with Gasteiger partial charge in [-0.3, -0.25) is 4.79 Å². The molecule has 0 aliphatic rings. The van der Waals surface area contributed by atoms with E-state index in [0.717, 1.165) is 5.56 Å². The van der Waals surface area contributed by atoms with Crippen molar-refractivity contribution in [2.75, 3.05) is 7.11 Å². The van der Waals surface area contributed by atoms with Gasteiger partial charge in [0, 0.05) is 0 Å². The molecule has 4 nitrogen and oxygen atoms in total. The molecule has 0 spiro atoms. The van der Waals surface area contributed by atoms with Gasteiger partial charge in [0.05, 0.1) is 18.1 Å². The van der Waals surface area contributed by atoms with Crippen LogP contribution in [0.5, 0.6) is 11.5 Å². The summed E-state index contributed by atoms with van der Waals surface area (Å²) in [4.78, 5) is 12.5. The van der Waals surface area contributed by atoms with Crippen LogP contribution in [-0.2, 0) is 0 Å². The van der Waals surface area contributed by atoms with Gasteiger partial charge in [-0.25, -0.2) is 0 Å². The van der Waals surface area contributed by atoms with Crippen molar-refractivity contribution in [1.29, 1.82) is 0 Å². The van der Waals surface area contributed by atoms with Crippen molar-refractivity contribution in [3.63, 3.8) is 0 Å². The highest BCUT2D eigenvalue weighted by atomic mass is 16.5. The van der Waals surface area contributed by atoms with Gasteiger partial charge in [-0.1, -0.05) is 18.2 Å². The van der Waals surface area contributed by atoms with Crippen molar-refractivity contribution < 1.29 is 14.3 Å². The molecule has 0 unspecified atom stereocenters. The number of ether oxygens (including phenoxy) is 1. The van der Waals surface area contributed by atoms with E-state index >= 15 is 0 Å². The molecule has 1 N–H and O–H groups in total. The summed E-state index contributed by atoms with van der Waals surface area (Å²) in [6, 6.07) is 11.8. The zero-order valence-electron chi connectivity index (χ0n) is 11.9. The summed E-state index contributed by atoms with van der Waals surface area (Å²) in [5, 5.41) is 9.73. The average Bonchev–Trinajstić information content (AvgIpc) is 2.55. The number of hydrogen-bond donors (Lipinski definition) is 1. The molecule has 0 fully saturated rings. The molecule has 0 bridgehead atoms. The van der Waals surface area contributed by atoms with Crippen molar-refractivity contribution in [2.45, 2.75) is 0 Å². The van der Waals surface area contributed by atoms with Crippen LogP contribution in [-0.4, -0.2) is 12.2 Å². The van der Waals surface area contributed by atoms with E-state index in [1.165, 1.54) is 6.26 Å². The summed E-state index contributed by atoms with van der Waals surface area (Å²) < 4.78 is 10.6. The highest BCUT2D eigenvalue weighted by Crippen LogP contribution is 2.19. The molecular formula is C18H14O4. The topological polar surface area (TPSA) is 59.7 Å². The molecular weight excluding hydrogens is 280 g/mol. The van der Waals surface area contributed by atoms with Crippen LogP contribution in [0.25, 0.3) is 23.1 Å². The molecule has 0 saturated heterocycles. The monoisotopic (exact) mass is 294 g/mol. The summed E-state index contributed by atoms with van der Waals surface area (Å²) in [6.45, 7) is 0. The second-order valence-electron chi connectivity index (χ2n) is 4.81. The van der Waals surface area contributed by atoms with Crippen LogP contribution in [0, 0.1) is 0 Å². The molecule has 3 rings (SSSR count). The number of benzene rings is 2. The number of aromatic hydroxyl groups is 1. The zero-order valence-corrected chi connectivity index (χ0v) is 11.9. The maximum absolute atomic E-state index is 12.5. The minimum absolute atomic E-state index is 0.116. The highest BCUT2D eigenvalue weighted by molar-refractivity contribution is 5.81. The van der Waals surface area contributed by atoms with Crippen LogP contribution in [0.15, 0.2) is 57.9 Å². The molecule has 0 aliphatic carbocycles. The number of hydrogen-bond acceptors (Lipinski definition) is 4. The third-order valence-electron chi connectivity index (χ3n) is 3.35. The lowest BCUT2D eigenvalue weighted by molar-refractivity contribution is 0.415. The molecule has 1 heterocycles. The first kappa shape index (κ1) is 13.9. The molecule has 4 heteroatoms. The van der Waals surface area contributed by atoms with Crippen LogP contribution in [0.1, 0.15) is 11.1 Å². The number of phenols is 1. The van der Waals surface area contributed by atoms with Crippen molar-refractivity contribution >= 4 is 23.1 Å². The fraction of sp³-hybridized carbons (Fsp3) is 0.0556. The normalized spacial score (nSPS) is 11.1. The molecule has 0 saturated carbocycles. The van der Waals surface area contributed by atoms with Gasteiger partial charge in [-0.05, 0) is 42.0 Å². The van der Waals surface area contributed by atoms with E-state index in [9.17, 15) is 9.90 Å². The molecule has 2 aromatic carbocycles. The summed E-state index contributed by atoms with van der Waals surface area (Å²) >= 11 is 0. The molecule has 0 radical (unpaired) electrons. The second kappa shape index (κ2) is 5.77. The first-order valence-corrected chi connectivity index (χ1v) is 6.74. The maximum atomic E-state index is 12.5. The molecule has 110 valence electrons. The van der Waals surface area contributed by atoms with Crippen LogP contribution < -0.4 is 10.2 Å². The largest absolute Gasteiger partial charge is 0.508 e. The van der Waals surface area contributed by atoms with Crippen molar-refractivity contribution in [1.82, 2.24) is 0 Å². The van der Waals surface area contributed by atoms with Gasteiger partial charge in [0.15, 0.2) is 5.43 Å². The Labute approximate surface area is 126 Å². The van der Waals surface area contributed by atoms with Gasteiger partial charge < -0.3 is 14.3 Å². The van der Waals surface area contributed by atoms with Crippen LogP contribution in [0.3, 0.4) is 0 Å². The molecule has 1 aromatic heterocycles. The quantitative estimate of drug-likeness (QED) is 0.800. The molecule has 0 aliphatic heterocycles. The Balaban J connectivity index is 2.02. The number of phenolic OH excluding ortho intramolecular Hbond substituents is 1. The van der Waals surface area contributed by atoms with Crippen LogP contribution >= 0.6 is 0 Å². The Morgan fingerprint density at radius 3 is 2.59 bits per heavy atom. The van der Waals surface area contributed by atoms with E-state index in [2.05, 4.69) is 0 Å². The Morgan fingerprint density at radius 1 is 1.09 bits per heavy atom.